The monoisotopic (exact) mass is 497 g/mol. The van der Waals surface area contributed by atoms with Crippen LogP contribution < -0.4 is 5.32 Å². The highest BCUT2D eigenvalue weighted by Gasteiger charge is 2.53. The highest BCUT2D eigenvalue weighted by molar-refractivity contribution is 7.89. The van der Waals surface area contributed by atoms with Crippen LogP contribution in [0.15, 0.2) is 65.6 Å². The van der Waals surface area contributed by atoms with Crippen molar-refractivity contribution < 1.29 is 18.0 Å². The van der Waals surface area contributed by atoms with Gasteiger partial charge < -0.3 is 5.32 Å². The molecule has 1 spiro atoms. The van der Waals surface area contributed by atoms with Crippen molar-refractivity contribution in [2.45, 2.75) is 29.8 Å². The molecule has 0 radical (unpaired) electrons. The summed E-state index contributed by atoms with van der Waals surface area (Å²) in [5, 5.41) is 2.99. The van der Waals surface area contributed by atoms with Crippen LogP contribution in [0, 0.1) is 0 Å². The van der Waals surface area contributed by atoms with Gasteiger partial charge in [0.05, 0.1) is 11.6 Å². The van der Waals surface area contributed by atoms with E-state index in [4.69, 9.17) is 0 Å². The molecule has 3 heterocycles. The van der Waals surface area contributed by atoms with E-state index >= 15 is 0 Å². The number of nitrogens with zero attached hydrogens (tertiary/aromatic N) is 4. The van der Waals surface area contributed by atoms with Crippen LogP contribution in [0.1, 0.15) is 18.4 Å². The molecule has 0 aromatic heterocycles. The summed E-state index contributed by atoms with van der Waals surface area (Å²) in [6.07, 6.45) is 1.46. The Labute approximate surface area is 206 Å². The fraction of sp³-hybridized carbons (Fsp3) is 0.440. The number of carbonyl (C=O) groups excluding carboxylic acids is 2. The van der Waals surface area contributed by atoms with E-state index in [0.717, 1.165) is 19.5 Å². The lowest BCUT2D eigenvalue weighted by Crippen LogP contribution is -2.58. The summed E-state index contributed by atoms with van der Waals surface area (Å²) in [4.78, 5) is 32.1. The molecule has 3 amide bonds. The number of urea groups is 1. The number of hydrogen-bond acceptors (Lipinski definition) is 6. The van der Waals surface area contributed by atoms with E-state index in [1.165, 1.54) is 14.8 Å². The van der Waals surface area contributed by atoms with Crippen LogP contribution in [0.4, 0.5) is 4.79 Å². The molecular weight excluding hydrogens is 466 g/mol. The molecule has 3 aliphatic rings. The van der Waals surface area contributed by atoms with Gasteiger partial charge in [-0.15, -0.1) is 0 Å². The summed E-state index contributed by atoms with van der Waals surface area (Å²) < 4.78 is 27.2. The molecule has 5 rings (SSSR count). The smallest absolute Gasteiger partial charge is 0.322 e. The lowest BCUT2D eigenvalue weighted by atomic mass is 9.88. The van der Waals surface area contributed by atoms with E-state index < -0.39 is 15.6 Å². The number of sulfonamides is 1. The van der Waals surface area contributed by atoms with Gasteiger partial charge in [0.25, 0.3) is 5.91 Å². The zero-order valence-electron chi connectivity index (χ0n) is 19.7. The zero-order valence-corrected chi connectivity index (χ0v) is 20.5. The number of rotatable bonds is 6. The first kappa shape index (κ1) is 23.9. The van der Waals surface area contributed by atoms with Crippen LogP contribution in [0.5, 0.6) is 0 Å². The number of benzene rings is 2. The van der Waals surface area contributed by atoms with Crippen molar-refractivity contribution in [1.29, 1.82) is 0 Å². The predicted molar refractivity (Wildman–Crippen MR) is 131 cm³/mol. The largest absolute Gasteiger partial charge is 0.326 e. The Bertz CT molecular complexity index is 1170. The van der Waals surface area contributed by atoms with E-state index in [1.54, 1.807) is 30.3 Å². The van der Waals surface area contributed by atoms with Gasteiger partial charge in [0.15, 0.2) is 0 Å². The molecule has 0 bridgehead atoms. The second-order valence-electron chi connectivity index (χ2n) is 9.52. The number of imide groups is 1. The first-order valence-corrected chi connectivity index (χ1v) is 13.5. The van der Waals surface area contributed by atoms with E-state index in [2.05, 4.69) is 22.3 Å². The third-order valence-electron chi connectivity index (χ3n) is 7.12. The quantitative estimate of drug-likeness (QED) is 0.609. The molecule has 35 heavy (non-hydrogen) atoms. The number of likely N-dealkylation sites (tertiary alicyclic amines) is 1. The van der Waals surface area contributed by atoms with Crippen LogP contribution in [-0.2, 0) is 21.4 Å². The van der Waals surface area contributed by atoms with Crippen LogP contribution in [0.3, 0.4) is 0 Å². The minimum atomic E-state index is -3.55. The number of piperidine rings is 1. The molecule has 3 saturated heterocycles. The average molecular weight is 498 g/mol. The van der Waals surface area contributed by atoms with Gasteiger partial charge in [-0.1, -0.05) is 48.5 Å². The lowest BCUT2D eigenvalue weighted by Gasteiger charge is -2.39. The average Bonchev–Trinajstić information content (AvgIpc) is 3.09. The SMILES string of the molecule is O=C1NC2(CCCN(Cc3ccccc3)C2)C(=O)N1CN1CCN(S(=O)(=O)c2ccccc2)CC1. The molecular formula is C25H31N5O4S. The molecule has 3 fully saturated rings. The third-order valence-corrected chi connectivity index (χ3v) is 9.03. The van der Waals surface area contributed by atoms with Crippen molar-refractivity contribution >= 4 is 22.0 Å². The van der Waals surface area contributed by atoms with E-state index in [1.807, 2.05) is 23.1 Å². The Hall–Kier alpha value is -2.79. The topological polar surface area (TPSA) is 93.3 Å². The number of nitrogens with one attached hydrogen (secondary N) is 1. The van der Waals surface area contributed by atoms with E-state index in [0.29, 0.717) is 39.1 Å². The first-order valence-electron chi connectivity index (χ1n) is 12.1. The summed E-state index contributed by atoms with van der Waals surface area (Å²) in [6, 6.07) is 18.2. The molecule has 10 heteroatoms. The fourth-order valence-corrected chi connectivity index (χ4v) is 6.70. The van der Waals surface area contributed by atoms with Gasteiger partial charge >= 0.3 is 6.03 Å². The molecule has 0 saturated carbocycles. The maximum atomic E-state index is 13.5. The molecule has 1 N–H and O–H groups in total. The number of amides is 3. The standard InChI is InChI=1S/C25H31N5O4S/c31-23-25(12-7-13-28(19-25)18-21-8-3-1-4-9-21)26-24(32)30(23)20-27-14-16-29(17-15-27)35(33,34)22-10-5-2-6-11-22/h1-6,8-11H,7,12-20H2,(H,26,32). The Morgan fingerprint density at radius 2 is 1.49 bits per heavy atom. The number of piperazine rings is 1. The molecule has 1 atom stereocenters. The summed E-state index contributed by atoms with van der Waals surface area (Å²) in [7, 11) is -3.55. The Kier molecular flexibility index (Phi) is 6.63. The Morgan fingerprint density at radius 1 is 0.829 bits per heavy atom. The van der Waals surface area contributed by atoms with Crippen molar-refractivity contribution in [3.63, 3.8) is 0 Å². The minimum absolute atomic E-state index is 0.171. The van der Waals surface area contributed by atoms with Gasteiger partial charge in [-0.05, 0) is 37.1 Å². The zero-order chi connectivity index (χ0) is 24.5. The highest BCUT2D eigenvalue weighted by Crippen LogP contribution is 2.29. The predicted octanol–water partition coefficient (Wildman–Crippen LogP) is 1.54. The molecule has 186 valence electrons. The number of carbonyl (C=O) groups is 2. The second kappa shape index (κ2) is 9.69. The van der Waals surface area contributed by atoms with Crippen LogP contribution >= 0.6 is 0 Å². The third kappa shape index (κ3) is 4.84. The van der Waals surface area contributed by atoms with Gasteiger partial charge in [0.2, 0.25) is 10.0 Å². The molecule has 9 nitrogen and oxygen atoms in total. The summed E-state index contributed by atoms with van der Waals surface area (Å²) in [5.74, 6) is -0.181. The van der Waals surface area contributed by atoms with Gasteiger partial charge in [-0.25, -0.2) is 18.1 Å². The highest BCUT2D eigenvalue weighted by atomic mass is 32.2. The van der Waals surface area contributed by atoms with Gasteiger partial charge in [-0.2, -0.15) is 4.31 Å². The first-order chi connectivity index (χ1) is 16.9. The normalized spacial score (nSPS) is 24.7. The van der Waals surface area contributed by atoms with Crippen molar-refractivity contribution in [2.24, 2.45) is 0 Å². The summed E-state index contributed by atoms with van der Waals surface area (Å²) in [6.45, 7) is 3.83. The minimum Gasteiger partial charge on any atom is -0.322 e. The Balaban J connectivity index is 1.20. The molecule has 2 aromatic carbocycles. The van der Waals surface area contributed by atoms with Gasteiger partial charge in [-0.3, -0.25) is 14.6 Å². The van der Waals surface area contributed by atoms with Crippen LogP contribution in [0.25, 0.3) is 0 Å². The van der Waals surface area contributed by atoms with Crippen molar-refractivity contribution in [3.05, 3.63) is 66.2 Å². The van der Waals surface area contributed by atoms with Gasteiger partial charge in [0.1, 0.15) is 5.54 Å². The molecule has 3 aliphatic heterocycles. The molecule has 0 aliphatic carbocycles. The van der Waals surface area contributed by atoms with Crippen molar-refractivity contribution in [3.8, 4) is 0 Å². The van der Waals surface area contributed by atoms with Crippen LogP contribution in [-0.4, -0.2) is 90.8 Å². The Morgan fingerprint density at radius 3 is 2.17 bits per heavy atom. The summed E-state index contributed by atoms with van der Waals surface area (Å²) in [5.41, 5.74) is 0.296. The molecule has 2 aromatic rings. The van der Waals surface area contributed by atoms with Gasteiger partial charge in [0, 0.05) is 39.3 Å². The maximum absolute atomic E-state index is 13.5. The lowest BCUT2D eigenvalue weighted by molar-refractivity contribution is -0.135. The van der Waals surface area contributed by atoms with Crippen LogP contribution in [0.2, 0.25) is 0 Å². The fourth-order valence-electron chi connectivity index (χ4n) is 5.25. The van der Waals surface area contributed by atoms with Crippen molar-refractivity contribution in [1.82, 2.24) is 24.3 Å². The van der Waals surface area contributed by atoms with Crippen molar-refractivity contribution in [2.75, 3.05) is 45.9 Å². The summed E-state index contributed by atoms with van der Waals surface area (Å²) >= 11 is 0. The van der Waals surface area contributed by atoms with E-state index in [9.17, 15) is 18.0 Å². The van der Waals surface area contributed by atoms with E-state index in [-0.39, 0.29) is 23.5 Å². The number of hydrogen-bond donors (Lipinski definition) is 1. The molecule has 1 unspecified atom stereocenters. The second-order valence-corrected chi connectivity index (χ2v) is 11.5. The maximum Gasteiger partial charge on any atom is 0.326 e.